The molecule has 0 unspecified atom stereocenters. The van der Waals surface area contributed by atoms with Crippen LogP contribution in [0.15, 0.2) is 28.0 Å². The highest BCUT2D eigenvalue weighted by Crippen LogP contribution is 2.29. The Labute approximate surface area is 107 Å². The standard InChI is InChI=1S/C11H9N3OS2/c1-15-10-3-2-8(5-12)4-9(10)6-16-11-14-13-7-17-11/h2-4,7H,6H2,1H3. The maximum atomic E-state index is 8.86. The van der Waals surface area contributed by atoms with Crippen molar-refractivity contribution in [3.05, 3.63) is 34.8 Å². The van der Waals surface area contributed by atoms with Gasteiger partial charge in [0, 0.05) is 11.3 Å². The summed E-state index contributed by atoms with van der Waals surface area (Å²) < 4.78 is 6.17. The number of methoxy groups -OCH3 is 1. The summed E-state index contributed by atoms with van der Waals surface area (Å²) in [6, 6.07) is 7.52. The van der Waals surface area contributed by atoms with E-state index in [1.165, 1.54) is 11.3 Å². The molecule has 0 radical (unpaired) electrons. The Hall–Kier alpha value is -1.58. The SMILES string of the molecule is COc1ccc(C#N)cc1CSc1nncs1. The number of nitriles is 1. The minimum absolute atomic E-state index is 0.638. The summed E-state index contributed by atoms with van der Waals surface area (Å²) in [6.07, 6.45) is 0. The van der Waals surface area contributed by atoms with Crippen LogP contribution in [0, 0.1) is 11.3 Å². The molecule has 2 rings (SSSR count). The van der Waals surface area contributed by atoms with Gasteiger partial charge in [0.2, 0.25) is 0 Å². The monoisotopic (exact) mass is 263 g/mol. The normalized spacial score (nSPS) is 9.88. The van der Waals surface area contributed by atoms with Gasteiger partial charge in [0.15, 0.2) is 4.34 Å². The number of rotatable bonds is 4. The molecular formula is C11H9N3OS2. The third-order valence-corrected chi connectivity index (χ3v) is 4.01. The number of aromatic nitrogens is 2. The lowest BCUT2D eigenvalue weighted by molar-refractivity contribution is 0.411. The predicted molar refractivity (Wildman–Crippen MR) is 67.2 cm³/mol. The Morgan fingerprint density at radius 2 is 2.41 bits per heavy atom. The van der Waals surface area contributed by atoms with Crippen LogP contribution in [0.25, 0.3) is 0 Å². The second-order valence-corrected chi connectivity index (χ2v) is 5.19. The van der Waals surface area contributed by atoms with Crippen LogP contribution in [0.1, 0.15) is 11.1 Å². The van der Waals surface area contributed by atoms with Crippen molar-refractivity contribution in [3.8, 4) is 11.8 Å². The quantitative estimate of drug-likeness (QED) is 0.794. The van der Waals surface area contributed by atoms with Crippen LogP contribution in [0.3, 0.4) is 0 Å². The molecule has 17 heavy (non-hydrogen) atoms. The summed E-state index contributed by atoms with van der Waals surface area (Å²) in [4.78, 5) is 0. The minimum Gasteiger partial charge on any atom is -0.496 e. The second kappa shape index (κ2) is 5.66. The zero-order chi connectivity index (χ0) is 12.1. The Kier molecular flexibility index (Phi) is 3.96. The van der Waals surface area contributed by atoms with E-state index in [2.05, 4.69) is 16.3 Å². The van der Waals surface area contributed by atoms with E-state index in [0.717, 1.165) is 15.7 Å². The van der Waals surface area contributed by atoms with Crippen molar-refractivity contribution in [2.45, 2.75) is 10.1 Å². The van der Waals surface area contributed by atoms with E-state index < -0.39 is 0 Å². The number of hydrogen-bond acceptors (Lipinski definition) is 6. The Morgan fingerprint density at radius 1 is 1.53 bits per heavy atom. The molecule has 0 spiro atoms. The van der Waals surface area contributed by atoms with E-state index in [0.29, 0.717) is 11.3 Å². The molecule has 0 aliphatic heterocycles. The first-order valence-corrected chi connectivity index (χ1v) is 6.66. The molecular weight excluding hydrogens is 254 g/mol. The van der Waals surface area contributed by atoms with E-state index in [1.807, 2.05) is 12.1 Å². The maximum Gasteiger partial charge on any atom is 0.174 e. The molecule has 0 N–H and O–H groups in total. The van der Waals surface area contributed by atoms with Crippen LogP contribution in [-0.2, 0) is 5.75 Å². The molecule has 4 nitrogen and oxygen atoms in total. The maximum absolute atomic E-state index is 8.86. The smallest absolute Gasteiger partial charge is 0.174 e. The first kappa shape index (κ1) is 11.9. The zero-order valence-corrected chi connectivity index (χ0v) is 10.7. The number of ether oxygens (including phenoxy) is 1. The van der Waals surface area contributed by atoms with Crippen molar-refractivity contribution < 1.29 is 4.74 Å². The van der Waals surface area contributed by atoms with E-state index >= 15 is 0 Å². The van der Waals surface area contributed by atoms with Gasteiger partial charge in [-0.15, -0.1) is 10.2 Å². The van der Waals surface area contributed by atoms with Crippen LogP contribution in [0.5, 0.6) is 5.75 Å². The Morgan fingerprint density at radius 3 is 3.06 bits per heavy atom. The van der Waals surface area contributed by atoms with Crippen molar-refractivity contribution in [2.75, 3.05) is 7.11 Å². The first-order chi connectivity index (χ1) is 8.33. The third kappa shape index (κ3) is 2.96. The molecule has 86 valence electrons. The van der Waals surface area contributed by atoms with Crippen LogP contribution < -0.4 is 4.74 Å². The van der Waals surface area contributed by atoms with Crippen LogP contribution in [-0.4, -0.2) is 17.3 Å². The average Bonchev–Trinajstić information content (AvgIpc) is 2.89. The molecule has 0 bridgehead atoms. The third-order valence-electron chi connectivity index (χ3n) is 2.10. The summed E-state index contributed by atoms with van der Waals surface area (Å²) in [6.45, 7) is 0. The molecule has 1 aromatic heterocycles. The van der Waals surface area contributed by atoms with Gasteiger partial charge < -0.3 is 4.74 Å². The molecule has 1 aromatic carbocycles. The van der Waals surface area contributed by atoms with Gasteiger partial charge in [-0.05, 0) is 18.2 Å². The van der Waals surface area contributed by atoms with Gasteiger partial charge >= 0.3 is 0 Å². The highest BCUT2D eigenvalue weighted by Gasteiger charge is 2.06. The number of hydrogen-bond donors (Lipinski definition) is 0. The first-order valence-electron chi connectivity index (χ1n) is 4.79. The topological polar surface area (TPSA) is 58.8 Å². The second-order valence-electron chi connectivity index (χ2n) is 3.13. The molecule has 0 fully saturated rings. The lowest BCUT2D eigenvalue weighted by atomic mass is 10.1. The van der Waals surface area contributed by atoms with Crippen molar-refractivity contribution in [1.82, 2.24) is 10.2 Å². The molecule has 0 aliphatic rings. The fourth-order valence-electron chi connectivity index (χ4n) is 1.33. The molecule has 2 aromatic rings. The summed E-state index contributed by atoms with van der Waals surface area (Å²) in [5.74, 6) is 1.51. The molecule has 0 atom stereocenters. The minimum atomic E-state index is 0.638. The lowest BCUT2D eigenvalue weighted by Crippen LogP contribution is -1.91. The fraction of sp³-hybridized carbons (Fsp3) is 0.182. The van der Waals surface area contributed by atoms with E-state index in [1.54, 1.807) is 30.4 Å². The van der Waals surface area contributed by atoms with Gasteiger partial charge in [-0.3, -0.25) is 0 Å². The molecule has 0 saturated heterocycles. The number of nitrogens with zero attached hydrogens (tertiary/aromatic N) is 3. The Balaban J connectivity index is 2.16. The summed E-state index contributed by atoms with van der Waals surface area (Å²) in [5.41, 5.74) is 3.33. The van der Waals surface area contributed by atoms with Crippen molar-refractivity contribution in [2.24, 2.45) is 0 Å². The predicted octanol–water partition coefficient (Wildman–Crippen LogP) is 2.71. The summed E-state index contributed by atoms with van der Waals surface area (Å²) in [7, 11) is 1.63. The highest BCUT2D eigenvalue weighted by molar-refractivity contribution is 8.00. The van der Waals surface area contributed by atoms with Crippen LogP contribution >= 0.6 is 23.1 Å². The van der Waals surface area contributed by atoms with Gasteiger partial charge in [-0.25, -0.2) is 0 Å². The van der Waals surface area contributed by atoms with Crippen molar-refractivity contribution in [1.29, 1.82) is 5.26 Å². The number of thioether (sulfide) groups is 1. The molecule has 0 aliphatic carbocycles. The van der Waals surface area contributed by atoms with Gasteiger partial charge in [-0.2, -0.15) is 5.26 Å². The van der Waals surface area contributed by atoms with E-state index in [-0.39, 0.29) is 0 Å². The largest absolute Gasteiger partial charge is 0.496 e. The van der Waals surface area contributed by atoms with Crippen molar-refractivity contribution >= 4 is 23.1 Å². The van der Waals surface area contributed by atoms with Crippen LogP contribution in [0.4, 0.5) is 0 Å². The van der Waals surface area contributed by atoms with Gasteiger partial charge in [-0.1, -0.05) is 23.1 Å². The van der Waals surface area contributed by atoms with Gasteiger partial charge in [0.05, 0.1) is 18.7 Å². The fourth-order valence-corrected chi connectivity index (χ4v) is 2.79. The van der Waals surface area contributed by atoms with Crippen molar-refractivity contribution in [3.63, 3.8) is 0 Å². The van der Waals surface area contributed by atoms with E-state index in [9.17, 15) is 0 Å². The molecule has 6 heteroatoms. The lowest BCUT2D eigenvalue weighted by Gasteiger charge is -2.07. The average molecular weight is 263 g/mol. The van der Waals surface area contributed by atoms with Gasteiger partial charge in [0.1, 0.15) is 11.3 Å². The molecule has 0 amide bonds. The number of benzene rings is 1. The zero-order valence-electron chi connectivity index (χ0n) is 9.08. The van der Waals surface area contributed by atoms with Gasteiger partial charge in [0.25, 0.3) is 0 Å². The Bertz CT molecular complexity index is 534. The molecule has 0 saturated carbocycles. The van der Waals surface area contributed by atoms with Crippen LogP contribution in [0.2, 0.25) is 0 Å². The van der Waals surface area contributed by atoms with E-state index in [4.69, 9.17) is 10.00 Å². The molecule has 1 heterocycles. The highest BCUT2D eigenvalue weighted by atomic mass is 32.2. The summed E-state index contributed by atoms with van der Waals surface area (Å²) >= 11 is 3.08. The summed E-state index contributed by atoms with van der Waals surface area (Å²) in [5, 5.41) is 16.6.